The fraction of sp³-hybridized carbons (Fsp3) is 0.571. The summed E-state index contributed by atoms with van der Waals surface area (Å²) in [5.41, 5.74) is 6.46. The highest BCUT2D eigenvalue weighted by Crippen LogP contribution is 2.16. The summed E-state index contributed by atoms with van der Waals surface area (Å²) in [6.07, 6.45) is 4.06. The molecule has 2 heterocycles. The molecular formula is C14H22N4O2. The molecule has 0 radical (unpaired) electrons. The average Bonchev–Trinajstić information content (AvgIpc) is 2.94. The average molecular weight is 278 g/mol. The Hall–Kier alpha value is -1.82. The topological polar surface area (TPSA) is 80.5 Å². The van der Waals surface area contributed by atoms with Gasteiger partial charge in [-0.2, -0.15) is 0 Å². The van der Waals surface area contributed by atoms with Gasteiger partial charge in [0.2, 0.25) is 0 Å². The quantitative estimate of drug-likeness (QED) is 0.765. The van der Waals surface area contributed by atoms with Gasteiger partial charge in [0.05, 0.1) is 24.1 Å². The number of hydrogen-bond donors (Lipinski definition) is 2. The summed E-state index contributed by atoms with van der Waals surface area (Å²) in [6.45, 7) is 6.23. The molecule has 1 aromatic rings. The molecule has 2 rings (SSSR count). The molecule has 1 aliphatic rings. The molecule has 0 aromatic carbocycles. The van der Waals surface area contributed by atoms with Crippen LogP contribution >= 0.6 is 0 Å². The van der Waals surface area contributed by atoms with Crippen molar-refractivity contribution in [3.05, 3.63) is 17.8 Å². The minimum absolute atomic E-state index is 0.332. The Bertz CT molecular complexity index is 458. The highest BCUT2D eigenvalue weighted by atomic mass is 16.5. The molecule has 110 valence electrons. The number of esters is 1. The molecule has 6 nitrogen and oxygen atoms in total. The molecule has 6 heteroatoms. The fourth-order valence-corrected chi connectivity index (χ4v) is 2.30. The molecule has 0 aliphatic carbocycles. The monoisotopic (exact) mass is 278 g/mol. The van der Waals surface area contributed by atoms with E-state index < -0.39 is 5.97 Å². The molecule has 3 N–H and O–H groups in total. The van der Waals surface area contributed by atoms with Crippen LogP contribution < -0.4 is 11.1 Å². The number of nitrogens with zero attached hydrogens (tertiary/aromatic N) is 2. The van der Waals surface area contributed by atoms with Gasteiger partial charge in [-0.25, -0.2) is 9.78 Å². The molecule has 20 heavy (non-hydrogen) atoms. The number of carbonyl (C=O) groups excluding carboxylic acids is 1. The zero-order valence-electron chi connectivity index (χ0n) is 11.9. The summed E-state index contributed by atoms with van der Waals surface area (Å²) < 4.78 is 4.97. The Morgan fingerprint density at radius 1 is 1.50 bits per heavy atom. The van der Waals surface area contributed by atoms with Crippen molar-refractivity contribution < 1.29 is 9.53 Å². The maximum absolute atomic E-state index is 11.7. The van der Waals surface area contributed by atoms with E-state index in [-0.39, 0.29) is 0 Å². The third-order valence-corrected chi connectivity index (χ3v) is 3.36. The first-order chi connectivity index (χ1) is 9.70. The lowest BCUT2D eigenvalue weighted by Crippen LogP contribution is -2.26. The van der Waals surface area contributed by atoms with Crippen molar-refractivity contribution in [1.29, 1.82) is 0 Å². The fourth-order valence-electron chi connectivity index (χ4n) is 2.30. The number of nitrogens with two attached hydrogens (primary N) is 1. The van der Waals surface area contributed by atoms with Crippen molar-refractivity contribution in [2.45, 2.75) is 19.8 Å². The molecule has 1 aliphatic heterocycles. The number of likely N-dealkylation sites (tertiary alicyclic amines) is 1. The molecular weight excluding hydrogens is 256 g/mol. The van der Waals surface area contributed by atoms with E-state index >= 15 is 0 Å². The molecule has 1 aromatic heterocycles. The molecule has 0 spiro atoms. The van der Waals surface area contributed by atoms with Crippen LogP contribution in [-0.4, -0.2) is 48.6 Å². The molecule has 1 fully saturated rings. The van der Waals surface area contributed by atoms with Crippen LogP contribution in [0.3, 0.4) is 0 Å². The number of rotatable bonds is 6. The lowest BCUT2D eigenvalue weighted by molar-refractivity contribution is 0.0527. The number of carbonyl (C=O) groups is 1. The third-order valence-electron chi connectivity index (χ3n) is 3.36. The highest BCUT2D eigenvalue weighted by Gasteiger charge is 2.13. The van der Waals surface area contributed by atoms with Crippen molar-refractivity contribution in [3.63, 3.8) is 0 Å². The van der Waals surface area contributed by atoms with Crippen LogP contribution in [0.15, 0.2) is 12.3 Å². The van der Waals surface area contributed by atoms with Gasteiger partial charge in [-0.15, -0.1) is 0 Å². The Morgan fingerprint density at radius 3 is 2.95 bits per heavy atom. The second kappa shape index (κ2) is 7.09. The van der Waals surface area contributed by atoms with Gasteiger partial charge in [0.15, 0.2) is 0 Å². The second-order valence-electron chi connectivity index (χ2n) is 4.85. The molecule has 0 atom stereocenters. The Balaban J connectivity index is 1.90. The van der Waals surface area contributed by atoms with E-state index in [4.69, 9.17) is 10.5 Å². The normalized spacial score (nSPS) is 15.2. The summed E-state index contributed by atoms with van der Waals surface area (Å²) >= 11 is 0. The lowest BCUT2D eigenvalue weighted by Gasteiger charge is -2.15. The molecule has 0 saturated carbocycles. The van der Waals surface area contributed by atoms with Crippen LogP contribution in [0.1, 0.15) is 30.1 Å². The van der Waals surface area contributed by atoms with Gasteiger partial charge in [-0.1, -0.05) is 0 Å². The molecule has 0 unspecified atom stereocenters. The largest absolute Gasteiger partial charge is 0.462 e. The van der Waals surface area contributed by atoms with Crippen LogP contribution in [-0.2, 0) is 4.74 Å². The summed E-state index contributed by atoms with van der Waals surface area (Å²) in [4.78, 5) is 18.3. The Labute approximate surface area is 119 Å². The van der Waals surface area contributed by atoms with Gasteiger partial charge in [0, 0.05) is 13.1 Å². The van der Waals surface area contributed by atoms with E-state index in [0.29, 0.717) is 23.7 Å². The Kier molecular flexibility index (Phi) is 5.17. The summed E-state index contributed by atoms with van der Waals surface area (Å²) in [5, 5.41) is 3.22. The third kappa shape index (κ3) is 3.84. The van der Waals surface area contributed by atoms with E-state index in [1.807, 2.05) is 0 Å². The van der Waals surface area contributed by atoms with Crippen molar-refractivity contribution in [2.75, 3.05) is 43.8 Å². The van der Waals surface area contributed by atoms with Gasteiger partial charge < -0.3 is 20.7 Å². The van der Waals surface area contributed by atoms with Gasteiger partial charge in [0.1, 0.15) is 5.82 Å². The van der Waals surface area contributed by atoms with Crippen LogP contribution in [0, 0.1) is 0 Å². The van der Waals surface area contributed by atoms with Gasteiger partial charge >= 0.3 is 5.97 Å². The standard InChI is InChI=1S/C14H22N4O2/c1-2-20-14(19)11-9-13(17-10-12(11)15)16-5-8-18-6-3-4-7-18/h9-10H,2-8,15H2,1H3,(H,16,17). The maximum Gasteiger partial charge on any atom is 0.340 e. The molecule has 0 bridgehead atoms. The first-order valence-corrected chi connectivity index (χ1v) is 7.09. The first kappa shape index (κ1) is 14.6. The number of hydrogen-bond acceptors (Lipinski definition) is 6. The SMILES string of the molecule is CCOC(=O)c1cc(NCCN2CCCC2)ncc1N. The van der Waals surface area contributed by atoms with Gasteiger partial charge in [0.25, 0.3) is 0 Å². The summed E-state index contributed by atoms with van der Waals surface area (Å²) in [6, 6.07) is 1.65. The van der Waals surface area contributed by atoms with Crippen LogP contribution in [0.2, 0.25) is 0 Å². The van der Waals surface area contributed by atoms with Crippen LogP contribution in [0.4, 0.5) is 11.5 Å². The number of pyridine rings is 1. The first-order valence-electron chi connectivity index (χ1n) is 7.09. The van der Waals surface area contributed by atoms with Crippen molar-refractivity contribution in [3.8, 4) is 0 Å². The minimum Gasteiger partial charge on any atom is -0.462 e. The Morgan fingerprint density at radius 2 is 2.25 bits per heavy atom. The highest BCUT2D eigenvalue weighted by molar-refractivity contribution is 5.95. The van der Waals surface area contributed by atoms with E-state index in [1.54, 1.807) is 13.0 Å². The van der Waals surface area contributed by atoms with Gasteiger partial charge in [-0.05, 0) is 38.9 Å². The van der Waals surface area contributed by atoms with Crippen LogP contribution in [0.5, 0.6) is 0 Å². The minimum atomic E-state index is -0.407. The number of ether oxygens (including phenoxy) is 1. The van der Waals surface area contributed by atoms with Crippen molar-refractivity contribution >= 4 is 17.5 Å². The summed E-state index contributed by atoms with van der Waals surface area (Å²) in [5.74, 6) is 0.247. The maximum atomic E-state index is 11.7. The second-order valence-corrected chi connectivity index (χ2v) is 4.85. The van der Waals surface area contributed by atoms with Gasteiger partial charge in [-0.3, -0.25) is 0 Å². The smallest absolute Gasteiger partial charge is 0.340 e. The molecule has 0 amide bonds. The number of anilines is 2. The van der Waals surface area contributed by atoms with Crippen molar-refractivity contribution in [2.24, 2.45) is 0 Å². The number of aromatic nitrogens is 1. The zero-order valence-corrected chi connectivity index (χ0v) is 11.9. The van der Waals surface area contributed by atoms with Crippen LogP contribution in [0.25, 0.3) is 0 Å². The lowest BCUT2D eigenvalue weighted by atomic mass is 10.2. The predicted octanol–water partition coefficient (Wildman–Crippen LogP) is 1.35. The predicted molar refractivity (Wildman–Crippen MR) is 78.8 cm³/mol. The van der Waals surface area contributed by atoms with E-state index in [9.17, 15) is 4.79 Å². The number of nitrogens with one attached hydrogen (secondary N) is 1. The zero-order chi connectivity index (χ0) is 14.4. The van der Waals surface area contributed by atoms with Crippen molar-refractivity contribution in [1.82, 2.24) is 9.88 Å². The molecule has 1 saturated heterocycles. The summed E-state index contributed by atoms with van der Waals surface area (Å²) in [7, 11) is 0. The van der Waals surface area contributed by atoms with E-state index in [2.05, 4.69) is 15.2 Å². The van der Waals surface area contributed by atoms with E-state index in [0.717, 1.165) is 13.1 Å². The number of nitrogen functional groups attached to an aromatic ring is 1. The van der Waals surface area contributed by atoms with E-state index in [1.165, 1.54) is 32.1 Å².